The molecule has 0 saturated heterocycles. The van der Waals surface area contributed by atoms with Gasteiger partial charge >= 0.3 is 0 Å². The number of ether oxygens (including phenoxy) is 2. The normalized spacial score (nSPS) is 11.1. The van der Waals surface area contributed by atoms with Crippen molar-refractivity contribution in [2.75, 3.05) is 13.2 Å². The third kappa shape index (κ3) is 3.31. The van der Waals surface area contributed by atoms with Gasteiger partial charge in [0.1, 0.15) is 5.75 Å². The second-order valence-corrected chi connectivity index (χ2v) is 3.51. The number of H-pyrrole nitrogens is 1. The largest absolute Gasteiger partial charge is 0.507 e. The minimum Gasteiger partial charge on any atom is -0.507 e. The molecule has 0 unspecified atom stereocenters. The molecule has 0 bridgehead atoms. The maximum absolute atomic E-state index is 11.4. The van der Waals surface area contributed by atoms with E-state index in [2.05, 4.69) is 4.98 Å². The Labute approximate surface area is 100 Å². The Morgan fingerprint density at radius 2 is 1.88 bits per heavy atom. The molecule has 0 atom stereocenters. The second kappa shape index (κ2) is 6.42. The highest BCUT2D eigenvalue weighted by atomic mass is 16.7. The van der Waals surface area contributed by atoms with Gasteiger partial charge in [0.15, 0.2) is 6.29 Å². The van der Waals surface area contributed by atoms with Gasteiger partial charge in [-0.25, -0.2) is 0 Å². The predicted octanol–water partition coefficient (Wildman–Crippen LogP) is 1.71. The average molecular weight is 241 g/mol. The van der Waals surface area contributed by atoms with Crippen LogP contribution in [0.4, 0.5) is 0 Å². The lowest BCUT2D eigenvalue weighted by Crippen LogP contribution is -2.18. The second-order valence-electron chi connectivity index (χ2n) is 3.51. The lowest BCUT2D eigenvalue weighted by Gasteiger charge is -2.19. The molecule has 5 heteroatoms. The molecule has 1 heterocycles. The van der Waals surface area contributed by atoms with Crippen molar-refractivity contribution in [2.24, 2.45) is 0 Å². The zero-order valence-electron chi connectivity index (χ0n) is 10.4. The van der Waals surface area contributed by atoms with Crippen molar-refractivity contribution in [1.29, 1.82) is 0 Å². The van der Waals surface area contributed by atoms with Crippen molar-refractivity contribution in [3.8, 4) is 5.75 Å². The van der Waals surface area contributed by atoms with Crippen LogP contribution in [0.5, 0.6) is 5.75 Å². The summed E-state index contributed by atoms with van der Waals surface area (Å²) in [7, 11) is 0. The summed E-state index contributed by atoms with van der Waals surface area (Å²) in [6.07, 6.45) is -0.0473. The molecule has 0 aromatic carbocycles. The molecule has 96 valence electrons. The molecule has 0 amide bonds. The number of pyridine rings is 1. The van der Waals surface area contributed by atoms with Crippen LogP contribution in [0.2, 0.25) is 0 Å². The lowest BCUT2D eigenvalue weighted by molar-refractivity contribution is -0.143. The Bertz CT molecular complexity index is 407. The third-order valence-corrected chi connectivity index (χ3v) is 2.39. The van der Waals surface area contributed by atoms with Crippen molar-refractivity contribution in [2.45, 2.75) is 33.5 Å². The summed E-state index contributed by atoms with van der Waals surface area (Å²) in [4.78, 5) is 14.0. The summed E-state index contributed by atoms with van der Waals surface area (Å²) in [5.41, 5.74) is 0.789. The van der Waals surface area contributed by atoms with Crippen LogP contribution in [0.25, 0.3) is 0 Å². The van der Waals surface area contributed by atoms with Crippen molar-refractivity contribution in [3.63, 3.8) is 0 Å². The first-order chi connectivity index (χ1) is 8.13. The molecular formula is C12H19NO4. The zero-order chi connectivity index (χ0) is 12.8. The van der Waals surface area contributed by atoms with Gasteiger partial charge in [0, 0.05) is 24.8 Å². The molecule has 0 aliphatic heterocycles. The summed E-state index contributed by atoms with van der Waals surface area (Å²) in [5.74, 6) is -0.0179. The Balaban J connectivity index is 3.20. The molecule has 1 rings (SSSR count). The van der Waals surface area contributed by atoms with E-state index in [1.807, 2.05) is 20.8 Å². The lowest BCUT2D eigenvalue weighted by atomic mass is 10.1. The fourth-order valence-electron chi connectivity index (χ4n) is 1.68. The van der Waals surface area contributed by atoms with E-state index in [9.17, 15) is 9.90 Å². The van der Waals surface area contributed by atoms with E-state index in [0.29, 0.717) is 30.9 Å². The van der Waals surface area contributed by atoms with Crippen LogP contribution in [0.3, 0.4) is 0 Å². The highest BCUT2D eigenvalue weighted by Gasteiger charge is 2.19. The molecule has 0 saturated carbocycles. The molecular weight excluding hydrogens is 222 g/mol. The quantitative estimate of drug-likeness (QED) is 0.744. The molecule has 0 radical (unpaired) electrons. The first-order valence-corrected chi connectivity index (χ1v) is 5.82. The van der Waals surface area contributed by atoms with Crippen molar-refractivity contribution >= 4 is 0 Å². The molecule has 5 nitrogen and oxygen atoms in total. The minimum absolute atomic E-state index is 0.0179. The Hall–Kier alpha value is -1.33. The SMILES string of the molecule is CCOC(OCC)c1[nH]c(=O)cc(O)c1CC. The van der Waals surface area contributed by atoms with Gasteiger partial charge in [-0.2, -0.15) is 0 Å². The fraction of sp³-hybridized carbons (Fsp3) is 0.583. The maximum Gasteiger partial charge on any atom is 0.252 e. The molecule has 1 aromatic rings. The number of hydrogen-bond donors (Lipinski definition) is 2. The molecule has 0 aliphatic rings. The van der Waals surface area contributed by atoms with Gasteiger partial charge in [0.25, 0.3) is 5.56 Å². The molecule has 17 heavy (non-hydrogen) atoms. The van der Waals surface area contributed by atoms with E-state index in [1.54, 1.807) is 0 Å². The molecule has 0 aliphatic carbocycles. The van der Waals surface area contributed by atoms with E-state index >= 15 is 0 Å². The van der Waals surface area contributed by atoms with Gasteiger partial charge in [0.05, 0.1) is 5.69 Å². The fourth-order valence-corrected chi connectivity index (χ4v) is 1.68. The van der Waals surface area contributed by atoms with Crippen molar-refractivity contribution in [3.05, 3.63) is 27.7 Å². The summed E-state index contributed by atoms with van der Waals surface area (Å²) in [5, 5.41) is 9.73. The Kier molecular flexibility index (Phi) is 5.18. The number of aromatic nitrogens is 1. The van der Waals surface area contributed by atoms with Gasteiger partial charge in [-0.05, 0) is 20.3 Å². The van der Waals surface area contributed by atoms with E-state index < -0.39 is 6.29 Å². The topological polar surface area (TPSA) is 71.5 Å². The highest BCUT2D eigenvalue weighted by molar-refractivity contribution is 5.35. The van der Waals surface area contributed by atoms with Gasteiger partial charge in [-0.1, -0.05) is 6.92 Å². The molecule has 2 N–H and O–H groups in total. The number of aromatic hydroxyl groups is 1. The summed E-state index contributed by atoms with van der Waals surface area (Å²) in [6.45, 7) is 6.51. The monoisotopic (exact) mass is 241 g/mol. The average Bonchev–Trinajstić information content (AvgIpc) is 2.28. The van der Waals surface area contributed by atoms with Crippen molar-refractivity contribution < 1.29 is 14.6 Å². The smallest absolute Gasteiger partial charge is 0.252 e. The van der Waals surface area contributed by atoms with Gasteiger partial charge in [0.2, 0.25) is 0 Å². The molecule has 0 spiro atoms. The maximum atomic E-state index is 11.4. The summed E-state index contributed by atoms with van der Waals surface area (Å²) < 4.78 is 10.8. The number of rotatable bonds is 6. The first kappa shape index (κ1) is 13.7. The van der Waals surface area contributed by atoms with Crippen molar-refractivity contribution in [1.82, 2.24) is 4.98 Å². The minimum atomic E-state index is -0.639. The van der Waals surface area contributed by atoms with Crippen LogP contribution in [0, 0.1) is 0 Å². The van der Waals surface area contributed by atoms with Gasteiger partial charge in [-0.3, -0.25) is 4.79 Å². The highest BCUT2D eigenvalue weighted by Crippen LogP contribution is 2.26. The molecule has 1 aromatic heterocycles. The Morgan fingerprint density at radius 3 is 2.35 bits per heavy atom. The van der Waals surface area contributed by atoms with Crippen LogP contribution in [-0.2, 0) is 15.9 Å². The van der Waals surface area contributed by atoms with E-state index in [-0.39, 0.29) is 11.3 Å². The molecule has 0 fully saturated rings. The third-order valence-electron chi connectivity index (χ3n) is 2.39. The van der Waals surface area contributed by atoms with E-state index in [4.69, 9.17) is 9.47 Å². The summed E-state index contributed by atoms with van der Waals surface area (Å²) >= 11 is 0. The van der Waals surface area contributed by atoms with E-state index in [0.717, 1.165) is 6.07 Å². The van der Waals surface area contributed by atoms with Crippen LogP contribution in [-0.4, -0.2) is 23.3 Å². The predicted molar refractivity (Wildman–Crippen MR) is 64.1 cm³/mol. The standard InChI is InChI=1S/C12H19NO4/c1-4-8-9(14)7-10(15)13-11(8)12(16-5-2)17-6-3/h7,12H,4-6H2,1-3H3,(H2,13,14,15). The van der Waals surface area contributed by atoms with E-state index in [1.165, 1.54) is 0 Å². The van der Waals surface area contributed by atoms with Crippen LogP contribution >= 0.6 is 0 Å². The van der Waals surface area contributed by atoms with Gasteiger partial charge in [-0.15, -0.1) is 0 Å². The van der Waals surface area contributed by atoms with Crippen LogP contribution in [0.1, 0.15) is 38.3 Å². The number of nitrogens with one attached hydrogen (secondary N) is 1. The van der Waals surface area contributed by atoms with Crippen LogP contribution in [0.15, 0.2) is 10.9 Å². The first-order valence-electron chi connectivity index (χ1n) is 5.82. The van der Waals surface area contributed by atoms with Crippen LogP contribution < -0.4 is 5.56 Å². The summed E-state index contributed by atoms with van der Waals surface area (Å²) in [6, 6.07) is 1.16. The number of hydrogen-bond acceptors (Lipinski definition) is 4. The van der Waals surface area contributed by atoms with Gasteiger partial charge < -0.3 is 19.6 Å². The zero-order valence-corrected chi connectivity index (χ0v) is 10.4. The number of aromatic amines is 1. The Morgan fingerprint density at radius 1 is 1.29 bits per heavy atom.